The first-order valence-corrected chi connectivity index (χ1v) is 28.8. The Hall–Kier alpha value is -8.81. The molecule has 83 heavy (non-hydrogen) atoms. The molecule has 1 atom stereocenters. The van der Waals surface area contributed by atoms with Gasteiger partial charge in [0.25, 0.3) is 11.5 Å². The van der Waals surface area contributed by atoms with Crippen molar-refractivity contribution < 1.29 is 28.6 Å². The first-order valence-electron chi connectivity index (χ1n) is 28.8. The molecule has 1 aliphatic rings. The number of aryl methyl sites for hydroxylation is 1. The molecule has 0 saturated carbocycles. The lowest BCUT2D eigenvalue weighted by atomic mass is 9.93. The van der Waals surface area contributed by atoms with Gasteiger partial charge in [0.05, 0.1) is 42.2 Å². The van der Waals surface area contributed by atoms with Gasteiger partial charge in [-0.1, -0.05) is 147 Å². The first kappa shape index (κ1) is 57.4. The Kier molecular flexibility index (Phi) is 19.2. The van der Waals surface area contributed by atoms with Crippen molar-refractivity contribution in [3.8, 4) is 22.9 Å². The number of hydrogen-bond donors (Lipinski definition) is 1. The number of nitrogens with zero attached hydrogens (tertiary/aromatic N) is 4. The maximum Gasteiger partial charge on any atom is 0.343 e. The minimum atomic E-state index is -0.603. The molecule has 9 aromatic rings. The summed E-state index contributed by atoms with van der Waals surface area (Å²) in [5.41, 5.74) is 12.9. The molecule has 2 aromatic heterocycles. The zero-order valence-corrected chi connectivity index (χ0v) is 47.6. The summed E-state index contributed by atoms with van der Waals surface area (Å²) < 4.78 is 19.6. The predicted molar refractivity (Wildman–Crippen MR) is 326 cm³/mol. The van der Waals surface area contributed by atoms with Crippen LogP contribution in [0.25, 0.3) is 22.3 Å². The van der Waals surface area contributed by atoms with Gasteiger partial charge in [0.1, 0.15) is 17.8 Å². The molecule has 3 heterocycles. The fraction of sp³-hybridized carbons (Fsp3) is 0.254. The molecular formula is C71H71N5O7. The van der Waals surface area contributed by atoms with Gasteiger partial charge in [-0.15, -0.1) is 0 Å². The highest BCUT2D eigenvalue weighted by molar-refractivity contribution is 5.99. The monoisotopic (exact) mass is 1110 g/mol. The molecule has 0 aliphatic carbocycles. The molecule has 1 amide bonds. The number of methoxy groups -OCH3 is 1. The van der Waals surface area contributed by atoms with E-state index in [9.17, 15) is 19.2 Å². The van der Waals surface area contributed by atoms with Crippen molar-refractivity contribution in [1.29, 1.82) is 0 Å². The number of carbonyl (C=O) groups excluding carboxylic acids is 3. The van der Waals surface area contributed by atoms with Gasteiger partial charge in [-0.2, -0.15) is 0 Å². The van der Waals surface area contributed by atoms with Crippen LogP contribution >= 0.6 is 0 Å². The molecule has 12 heteroatoms. The summed E-state index contributed by atoms with van der Waals surface area (Å²) >= 11 is 0. The van der Waals surface area contributed by atoms with Gasteiger partial charge in [-0.25, -0.2) is 9.78 Å². The van der Waals surface area contributed by atoms with E-state index in [0.29, 0.717) is 84.7 Å². The first-order chi connectivity index (χ1) is 40.7. The predicted octanol–water partition coefficient (Wildman–Crippen LogP) is 13.0. The molecular weight excluding hydrogens is 1030 g/mol. The molecule has 0 saturated heterocycles. The summed E-state index contributed by atoms with van der Waals surface area (Å²) in [6.45, 7) is 9.91. The van der Waals surface area contributed by atoms with Gasteiger partial charge < -0.3 is 28.9 Å². The zero-order valence-electron chi connectivity index (χ0n) is 47.6. The second-order valence-electron chi connectivity index (χ2n) is 21.4. The summed E-state index contributed by atoms with van der Waals surface area (Å²) in [4.78, 5) is 63.3. The maximum atomic E-state index is 13.9. The highest BCUT2D eigenvalue weighted by atomic mass is 16.5. The number of amides is 1. The SMILES string of the molecule is CCc1c2c(nc3ccc(OC(=O)c4cccc(C(=O)NCCCCOc5cc(CN(Cc6ccccc6)Cc6ccccc6)cc(CN(Cc6ccccc6)Cc6ccccc6)c5)c4)cc13)-c1cc(C(C=O)CC)c(COC)c(=O)n1C2. The lowest BCUT2D eigenvalue weighted by molar-refractivity contribution is -0.109. The van der Waals surface area contributed by atoms with Crippen molar-refractivity contribution >= 4 is 29.1 Å². The van der Waals surface area contributed by atoms with Gasteiger partial charge in [0.2, 0.25) is 0 Å². The van der Waals surface area contributed by atoms with E-state index in [-0.39, 0.29) is 23.6 Å². The van der Waals surface area contributed by atoms with Crippen molar-refractivity contribution in [3.63, 3.8) is 0 Å². The van der Waals surface area contributed by atoms with Gasteiger partial charge >= 0.3 is 5.97 Å². The van der Waals surface area contributed by atoms with Gasteiger partial charge in [0, 0.05) is 80.9 Å². The molecule has 1 N–H and O–H groups in total. The van der Waals surface area contributed by atoms with E-state index in [1.54, 1.807) is 42.0 Å². The number of hydrogen-bond acceptors (Lipinski definition) is 10. The number of nitrogens with one attached hydrogen (secondary N) is 1. The Bertz CT molecular complexity index is 3550. The Morgan fingerprint density at radius 3 is 1.73 bits per heavy atom. The molecule has 422 valence electrons. The second-order valence-corrected chi connectivity index (χ2v) is 21.4. The lowest BCUT2D eigenvalue weighted by Crippen LogP contribution is -2.26. The van der Waals surface area contributed by atoms with Crippen molar-refractivity contribution in [1.82, 2.24) is 24.7 Å². The standard InChI is InChI=1S/C71H71N5O7/c1-4-56(48-77)62-40-67-68-64(47-76(67)70(79)65(62)49-81-3)61(5-2)63-39-59(31-32-66(63)73-68)83-71(80)58-30-20-29-57(38-58)69(78)72-33-18-19-34-82-60-36-54(45-74(41-50-21-10-6-11-22-50)42-51-23-12-7-13-24-51)35-55(37-60)46-75(43-52-25-14-8-15-26-52)44-53-27-16-9-17-28-53/h6-17,20-32,35-40,48,56H,4-5,18-19,33-34,41-47,49H2,1-3H3,(H,72,78). The van der Waals surface area contributed by atoms with Crippen LogP contribution in [0.5, 0.6) is 11.5 Å². The van der Waals surface area contributed by atoms with Crippen molar-refractivity contribution in [2.45, 2.75) is 97.9 Å². The minimum absolute atomic E-state index is 0.0983. The van der Waals surface area contributed by atoms with Gasteiger partial charge in [-0.05, 0) is 125 Å². The lowest BCUT2D eigenvalue weighted by Gasteiger charge is -2.25. The third-order valence-electron chi connectivity index (χ3n) is 15.3. The Morgan fingerprint density at radius 1 is 0.627 bits per heavy atom. The van der Waals surface area contributed by atoms with Gasteiger partial charge in [0.15, 0.2) is 0 Å². The van der Waals surface area contributed by atoms with Crippen LogP contribution in [-0.2, 0) is 68.4 Å². The van der Waals surface area contributed by atoms with Crippen LogP contribution in [0.15, 0.2) is 193 Å². The van der Waals surface area contributed by atoms with E-state index in [2.05, 4.69) is 155 Å². The van der Waals surface area contributed by atoms with E-state index in [1.165, 1.54) is 33.4 Å². The normalized spacial score (nSPS) is 12.1. The summed E-state index contributed by atoms with van der Waals surface area (Å²) in [5.74, 6) is -0.193. The second kappa shape index (κ2) is 27.8. The van der Waals surface area contributed by atoms with Crippen LogP contribution in [0.2, 0.25) is 0 Å². The summed E-state index contributed by atoms with van der Waals surface area (Å²) in [5, 5.41) is 3.85. The van der Waals surface area contributed by atoms with Crippen LogP contribution < -0.4 is 20.3 Å². The molecule has 0 fully saturated rings. The average molecular weight is 1110 g/mol. The number of fused-ring (bicyclic) bond motifs is 4. The molecule has 12 nitrogen and oxygen atoms in total. The van der Waals surface area contributed by atoms with Crippen LogP contribution in [0.1, 0.15) is 115 Å². The number of esters is 1. The molecule has 1 unspecified atom stereocenters. The number of ether oxygens (including phenoxy) is 3. The van der Waals surface area contributed by atoms with E-state index in [4.69, 9.17) is 19.2 Å². The maximum absolute atomic E-state index is 13.9. The minimum Gasteiger partial charge on any atom is -0.494 e. The Balaban J connectivity index is 0.786. The summed E-state index contributed by atoms with van der Waals surface area (Å²) in [6.07, 6.45) is 3.47. The molecule has 0 spiro atoms. The Labute approximate surface area is 486 Å². The summed E-state index contributed by atoms with van der Waals surface area (Å²) in [7, 11) is 1.54. The number of aldehydes is 1. The molecule has 1 aliphatic heterocycles. The fourth-order valence-corrected chi connectivity index (χ4v) is 11.3. The average Bonchev–Trinajstić information content (AvgIpc) is 3.76. The van der Waals surface area contributed by atoms with Crippen LogP contribution in [0.3, 0.4) is 0 Å². The largest absolute Gasteiger partial charge is 0.494 e. The number of aromatic nitrogens is 2. The highest BCUT2D eigenvalue weighted by Crippen LogP contribution is 2.39. The smallest absolute Gasteiger partial charge is 0.343 e. The molecule has 7 aromatic carbocycles. The van der Waals surface area contributed by atoms with Crippen molar-refractivity contribution in [3.05, 3.63) is 265 Å². The van der Waals surface area contributed by atoms with Gasteiger partial charge in [-0.3, -0.25) is 19.4 Å². The van der Waals surface area contributed by atoms with Crippen LogP contribution in [0.4, 0.5) is 0 Å². The van der Waals surface area contributed by atoms with Crippen molar-refractivity contribution in [2.24, 2.45) is 0 Å². The zero-order chi connectivity index (χ0) is 57.5. The van der Waals surface area contributed by atoms with Crippen molar-refractivity contribution in [2.75, 3.05) is 20.3 Å². The van der Waals surface area contributed by atoms with E-state index >= 15 is 0 Å². The van der Waals surface area contributed by atoms with Crippen LogP contribution in [0, 0.1) is 0 Å². The third kappa shape index (κ3) is 14.5. The van der Waals surface area contributed by atoms with E-state index in [1.807, 2.05) is 32.0 Å². The van der Waals surface area contributed by atoms with E-state index in [0.717, 1.165) is 67.8 Å². The topological polar surface area (TPSA) is 132 Å². The molecule has 0 radical (unpaired) electrons. The number of pyridine rings is 2. The van der Waals surface area contributed by atoms with E-state index < -0.39 is 11.9 Å². The van der Waals surface area contributed by atoms with Crippen LogP contribution in [-0.4, -0.2) is 57.8 Å². The number of benzene rings is 7. The number of unbranched alkanes of at least 4 members (excludes halogenated alkanes) is 1. The molecule has 10 rings (SSSR count). The third-order valence-corrected chi connectivity index (χ3v) is 15.3. The number of carbonyl (C=O) groups is 3. The molecule has 0 bridgehead atoms. The fourth-order valence-electron chi connectivity index (χ4n) is 11.3. The highest BCUT2D eigenvalue weighted by Gasteiger charge is 2.30. The summed E-state index contributed by atoms with van der Waals surface area (Å²) in [6, 6.07) is 63.0. The quantitative estimate of drug-likeness (QED) is 0.0230. The Morgan fingerprint density at radius 2 is 1.19 bits per heavy atom. The number of rotatable bonds is 27.